The molecule has 0 radical (unpaired) electrons. The van der Waals surface area contributed by atoms with Gasteiger partial charge in [0.1, 0.15) is 0 Å². The number of fused-ring (bicyclic) bond motifs is 1. The van der Waals surface area contributed by atoms with Gasteiger partial charge < -0.3 is 10.0 Å². The molecule has 1 aliphatic heterocycles. The maximum atomic E-state index is 12.6. The predicted molar refractivity (Wildman–Crippen MR) is 96.6 cm³/mol. The van der Waals surface area contributed by atoms with Gasteiger partial charge in [-0.2, -0.15) is 0 Å². The van der Waals surface area contributed by atoms with Crippen molar-refractivity contribution in [1.29, 1.82) is 0 Å². The molecule has 0 aromatic heterocycles. The Morgan fingerprint density at radius 2 is 1.92 bits per heavy atom. The first-order chi connectivity index (χ1) is 11.5. The van der Waals surface area contributed by atoms with E-state index in [1.807, 2.05) is 22.9 Å². The van der Waals surface area contributed by atoms with Gasteiger partial charge >= 0.3 is 0 Å². The Kier molecular flexibility index (Phi) is 5.70. The van der Waals surface area contributed by atoms with Crippen LogP contribution in [0.25, 0.3) is 0 Å². The van der Waals surface area contributed by atoms with Crippen LogP contribution in [0.5, 0.6) is 0 Å². The van der Waals surface area contributed by atoms with Crippen molar-refractivity contribution in [3.63, 3.8) is 0 Å². The summed E-state index contributed by atoms with van der Waals surface area (Å²) in [7, 11) is 1.88. The summed E-state index contributed by atoms with van der Waals surface area (Å²) < 4.78 is 0. The molecule has 1 saturated heterocycles. The lowest BCUT2D eigenvalue weighted by atomic mass is 10.1. The van der Waals surface area contributed by atoms with E-state index in [0.717, 1.165) is 37.1 Å². The first kappa shape index (κ1) is 18.0. The van der Waals surface area contributed by atoms with Crippen LogP contribution in [0.1, 0.15) is 42.9 Å². The van der Waals surface area contributed by atoms with Crippen molar-refractivity contribution in [3.8, 4) is 0 Å². The fourth-order valence-corrected chi connectivity index (χ4v) is 4.48. The van der Waals surface area contributed by atoms with Crippen molar-refractivity contribution in [2.45, 2.75) is 44.2 Å². The summed E-state index contributed by atoms with van der Waals surface area (Å²) >= 11 is 12.4. The van der Waals surface area contributed by atoms with Gasteiger partial charge in [-0.3, -0.25) is 9.69 Å². The van der Waals surface area contributed by atoms with E-state index < -0.39 is 6.10 Å². The fourth-order valence-electron chi connectivity index (χ4n) is 3.89. The molecular weight excluding hydrogens is 347 g/mol. The standard InChI is InChI=1S/C18H24Cl2N2O2/c1-21(11-17(24)22-6-4-2-3-5-7-22)18-14-8-12(19)9-15(20)13(14)10-16(18)23/h8-9,16,18,23H,2-7,10-11H2,1H3/t16-,18-/m0/s1. The van der Waals surface area contributed by atoms with Crippen molar-refractivity contribution in [3.05, 3.63) is 33.3 Å². The van der Waals surface area contributed by atoms with Gasteiger partial charge in [-0.1, -0.05) is 36.0 Å². The molecule has 1 heterocycles. The highest BCUT2D eigenvalue weighted by Gasteiger charge is 2.36. The topological polar surface area (TPSA) is 43.8 Å². The van der Waals surface area contributed by atoms with Gasteiger partial charge in [0.05, 0.1) is 18.7 Å². The number of amides is 1. The number of hydrogen-bond acceptors (Lipinski definition) is 3. The minimum absolute atomic E-state index is 0.133. The minimum Gasteiger partial charge on any atom is -0.391 e. The Bertz CT molecular complexity index is 615. The molecule has 24 heavy (non-hydrogen) atoms. The molecule has 1 N–H and O–H groups in total. The maximum Gasteiger partial charge on any atom is 0.236 e. The Morgan fingerprint density at radius 3 is 2.58 bits per heavy atom. The molecule has 1 amide bonds. The Morgan fingerprint density at radius 1 is 1.25 bits per heavy atom. The summed E-state index contributed by atoms with van der Waals surface area (Å²) in [6.07, 6.45) is 4.48. The summed E-state index contributed by atoms with van der Waals surface area (Å²) in [6.45, 7) is 1.98. The molecule has 1 aliphatic carbocycles. The van der Waals surface area contributed by atoms with Gasteiger partial charge in [-0.25, -0.2) is 0 Å². The van der Waals surface area contributed by atoms with E-state index in [1.165, 1.54) is 12.8 Å². The van der Waals surface area contributed by atoms with Crippen molar-refractivity contribution in [1.82, 2.24) is 9.80 Å². The van der Waals surface area contributed by atoms with Crippen LogP contribution in [0.15, 0.2) is 12.1 Å². The molecule has 132 valence electrons. The van der Waals surface area contributed by atoms with Crippen LogP contribution in [0.2, 0.25) is 10.0 Å². The second kappa shape index (κ2) is 7.61. The van der Waals surface area contributed by atoms with Crippen LogP contribution in [0.3, 0.4) is 0 Å². The third kappa shape index (κ3) is 3.72. The van der Waals surface area contributed by atoms with E-state index in [4.69, 9.17) is 23.2 Å². The number of rotatable bonds is 3. The van der Waals surface area contributed by atoms with Crippen LogP contribution >= 0.6 is 23.2 Å². The average Bonchev–Trinajstić information content (AvgIpc) is 2.71. The van der Waals surface area contributed by atoms with Crippen molar-refractivity contribution in [2.24, 2.45) is 0 Å². The molecule has 2 atom stereocenters. The number of carbonyl (C=O) groups is 1. The number of halogens is 2. The molecule has 1 aromatic rings. The van der Waals surface area contributed by atoms with E-state index in [-0.39, 0.29) is 11.9 Å². The lowest BCUT2D eigenvalue weighted by Crippen LogP contribution is -2.42. The zero-order valence-corrected chi connectivity index (χ0v) is 15.5. The van der Waals surface area contributed by atoms with Crippen LogP contribution in [0.4, 0.5) is 0 Å². The number of hydrogen-bond donors (Lipinski definition) is 1. The van der Waals surface area contributed by atoms with E-state index in [0.29, 0.717) is 23.0 Å². The second-order valence-corrected chi connectivity index (χ2v) is 7.73. The monoisotopic (exact) mass is 370 g/mol. The molecule has 0 bridgehead atoms. The average molecular weight is 371 g/mol. The summed E-state index contributed by atoms with van der Waals surface area (Å²) in [5, 5.41) is 11.6. The van der Waals surface area contributed by atoms with Crippen molar-refractivity contribution >= 4 is 29.1 Å². The Labute approximate surface area is 153 Å². The van der Waals surface area contributed by atoms with E-state index >= 15 is 0 Å². The summed E-state index contributed by atoms with van der Waals surface area (Å²) in [5.41, 5.74) is 1.87. The van der Waals surface area contributed by atoms with Crippen LogP contribution in [-0.4, -0.2) is 53.6 Å². The smallest absolute Gasteiger partial charge is 0.236 e. The number of nitrogens with zero attached hydrogens (tertiary/aromatic N) is 2. The molecule has 2 aliphatic rings. The minimum atomic E-state index is -0.571. The van der Waals surface area contributed by atoms with Crippen LogP contribution in [0, 0.1) is 0 Å². The molecule has 1 fully saturated rings. The molecule has 1 aromatic carbocycles. The quantitative estimate of drug-likeness (QED) is 0.887. The number of likely N-dealkylation sites (N-methyl/N-ethyl adjacent to an activating group) is 1. The third-order valence-corrected chi connectivity index (χ3v) is 5.66. The number of carbonyl (C=O) groups excluding carboxylic acids is 1. The SMILES string of the molecule is CN(CC(=O)N1CCCCCC1)[C@H]1c2cc(Cl)cc(Cl)c2C[C@@H]1O. The molecular formula is C18H24Cl2N2O2. The summed E-state index contributed by atoms with van der Waals surface area (Å²) in [5.74, 6) is 0.133. The number of aliphatic hydroxyl groups is 1. The zero-order valence-electron chi connectivity index (χ0n) is 14.0. The molecule has 3 rings (SSSR count). The van der Waals surface area contributed by atoms with Gasteiger partial charge in [0.25, 0.3) is 0 Å². The highest BCUT2D eigenvalue weighted by Crippen LogP contribution is 2.40. The zero-order chi connectivity index (χ0) is 17.3. The van der Waals surface area contributed by atoms with Crippen molar-refractivity contribution in [2.75, 3.05) is 26.7 Å². The number of benzene rings is 1. The van der Waals surface area contributed by atoms with E-state index in [9.17, 15) is 9.90 Å². The van der Waals surface area contributed by atoms with Crippen LogP contribution in [-0.2, 0) is 11.2 Å². The predicted octanol–water partition coefficient (Wildman–Crippen LogP) is 3.29. The Hall–Kier alpha value is -0.810. The van der Waals surface area contributed by atoms with Gasteiger partial charge in [0.15, 0.2) is 0 Å². The largest absolute Gasteiger partial charge is 0.391 e. The van der Waals surface area contributed by atoms with Crippen molar-refractivity contribution < 1.29 is 9.90 Å². The summed E-state index contributed by atoms with van der Waals surface area (Å²) in [4.78, 5) is 16.5. The number of aliphatic hydroxyl groups excluding tert-OH is 1. The van der Waals surface area contributed by atoms with E-state index in [2.05, 4.69) is 0 Å². The number of likely N-dealkylation sites (tertiary alicyclic amines) is 1. The normalized spacial score (nSPS) is 24.1. The first-order valence-corrected chi connectivity index (χ1v) is 9.37. The van der Waals surface area contributed by atoms with E-state index in [1.54, 1.807) is 6.07 Å². The first-order valence-electron chi connectivity index (χ1n) is 8.61. The highest BCUT2D eigenvalue weighted by atomic mass is 35.5. The fraction of sp³-hybridized carbons (Fsp3) is 0.611. The highest BCUT2D eigenvalue weighted by molar-refractivity contribution is 6.35. The Balaban J connectivity index is 1.73. The third-order valence-electron chi connectivity index (χ3n) is 5.11. The molecule has 0 spiro atoms. The molecule has 4 nitrogen and oxygen atoms in total. The summed E-state index contributed by atoms with van der Waals surface area (Å²) in [6, 6.07) is 3.32. The lowest BCUT2D eigenvalue weighted by molar-refractivity contribution is -0.133. The molecule has 0 saturated carbocycles. The lowest BCUT2D eigenvalue weighted by Gasteiger charge is -2.30. The molecule has 0 unspecified atom stereocenters. The van der Waals surface area contributed by atoms with Gasteiger partial charge in [-0.05, 0) is 43.1 Å². The second-order valence-electron chi connectivity index (χ2n) is 6.88. The van der Waals surface area contributed by atoms with Gasteiger partial charge in [0, 0.05) is 29.6 Å². The maximum absolute atomic E-state index is 12.6. The van der Waals surface area contributed by atoms with Gasteiger partial charge in [0.2, 0.25) is 5.91 Å². The van der Waals surface area contributed by atoms with Gasteiger partial charge in [-0.15, -0.1) is 0 Å². The molecule has 6 heteroatoms. The van der Waals surface area contributed by atoms with Crippen LogP contribution < -0.4 is 0 Å².